The molecular weight excluding hydrogens is 212 g/mol. The highest BCUT2D eigenvalue weighted by Crippen LogP contribution is 2.27. The summed E-state index contributed by atoms with van der Waals surface area (Å²) in [4.78, 5) is 10.8. The van der Waals surface area contributed by atoms with Crippen LogP contribution in [-0.4, -0.2) is 15.0 Å². The summed E-state index contributed by atoms with van der Waals surface area (Å²) in [5.41, 5.74) is 10.0. The first-order valence-corrected chi connectivity index (χ1v) is 5.60. The Balaban J connectivity index is 2.22. The van der Waals surface area contributed by atoms with Crippen molar-refractivity contribution in [2.45, 2.75) is 13.5 Å². The van der Waals surface area contributed by atoms with Crippen molar-refractivity contribution >= 4 is 10.9 Å². The Morgan fingerprint density at radius 3 is 2.94 bits per heavy atom. The second kappa shape index (κ2) is 3.75. The summed E-state index contributed by atoms with van der Waals surface area (Å²) >= 11 is 0. The van der Waals surface area contributed by atoms with E-state index in [9.17, 15) is 0 Å². The van der Waals surface area contributed by atoms with Gasteiger partial charge in [0, 0.05) is 41.1 Å². The first kappa shape index (κ1) is 10.1. The first-order valence-electron chi connectivity index (χ1n) is 5.60. The average molecular weight is 226 g/mol. The maximum absolute atomic E-state index is 5.67. The van der Waals surface area contributed by atoms with Crippen molar-refractivity contribution in [2.24, 2.45) is 5.73 Å². The molecular formula is C13H14N4. The molecule has 0 fully saturated rings. The Morgan fingerprint density at radius 2 is 2.24 bits per heavy atom. The molecule has 86 valence electrons. The van der Waals surface area contributed by atoms with Crippen molar-refractivity contribution in [1.29, 1.82) is 0 Å². The molecule has 4 nitrogen and oxygen atoms in total. The zero-order chi connectivity index (χ0) is 11.8. The van der Waals surface area contributed by atoms with E-state index >= 15 is 0 Å². The van der Waals surface area contributed by atoms with Crippen molar-refractivity contribution < 1.29 is 0 Å². The number of nitrogens with two attached hydrogens (primary N) is 1. The van der Waals surface area contributed by atoms with Crippen molar-refractivity contribution in [3.63, 3.8) is 0 Å². The highest BCUT2D eigenvalue weighted by molar-refractivity contribution is 5.94. The van der Waals surface area contributed by atoms with Crippen LogP contribution < -0.4 is 5.73 Å². The van der Waals surface area contributed by atoms with Gasteiger partial charge in [0.2, 0.25) is 0 Å². The summed E-state index contributed by atoms with van der Waals surface area (Å²) in [6, 6.07) is 6.20. The van der Waals surface area contributed by atoms with Crippen LogP contribution in [0, 0.1) is 6.92 Å². The number of aromatic nitrogens is 3. The van der Waals surface area contributed by atoms with Gasteiger partial charge in [-0.25, -0.2) is 4.98 Å². The van der Waals surface area contributed by atoms with Gasteiger partial charge in [-0.1, -0.05) is 6.07 Å². The summed E-state index contributed by atoms with van der Waals surface area (Å²) in [5.74, 6) is 0.892. The fourth-order valence-corrected chi connectivity index (χ4v) is 2.04. The zero-order valence-electron chi connectivity index (χ0n) is 9.62. The number of fused-ring (bicyclic) bond motifs is 1. The predicted octanol–water partition coefficient (Wildman–Crippen LogP) is 2.33. The second-order valence-electron chi connectivity index (χ2n) is 4.20. The van der Waals surface area contributed by atoms with Crippen LogP contribution in [0.25, 0.3) is 22.3 Å². The van der Waals surface area contributed by atoms with E-state index in [0.717, 1.165) is 33.5 Å². The fourth-order valence-electron chi connectivity index (χ4n) is 2.04. The van der Waals surface area contributed by atoms with E-state index in [2.05, 4.69) is 27.1 Å². The molecule has 0 aliphatic carbocycles. The lowest BCUT2D eigenvalue weighted by Gasteiger charge is -1.98. The molecule has 17 heavy (non-hydrogen) atoms. The third-order valence-electron chi connectivity index (χ3n) is 2.94. The smallest absolute Gasteiger partial charge is 0.139 e. The van der Waals surface area contributed by atoms with E-state index in [0.29, 0.717) is 6.54 Å². The SMILES string of the molecule is Cc1cnc(-c2c[nH]c3ccc(CN)cc23)[nH]1. The minimum absolute atomic E-state index is 0.553. The molecule has 1 aromatic carbocycles. The quantitative estimate of drug-likeness (QED) is 0.627. The van der Waals surface area contributed by atoms with Crippen molar-refractivity contribution in [3.05, 3.63) is 41.9 Å². The zero-order valence-corrected chi connectivity index (χ0v) is 9.62. The van der Waals surface area contributed by atoms with Gasteiger partial charge in [0.25, 0.3) is 0 Å². The van der Waals surface area contributed by atoms with Crippen LogP contribution in [0.1, 0.15) is 11.3 Å². The van der Waals surface area contributed by atoms with Crippen molar-refractivity contribution in [1.82, 2.24) is 15.0 Å². The van der Waals surface area contributed by atoms with Gasteiger partial charge in [-0.15, -0.1) is 0 Å². The molecule has 4 N–H and O–H groups in total. The number of nitrogens with zero attached hydrogens (tertiary/aromatic N) is 1. The third kappa shape index (κ3) is 1.62. The monoisotopic (exact) mass is 226 g/mol. The van der Waals surface area contributed by atoms with Crippen LogP contribution in [0.3, 0.4) is 0 Å². The molecule has 2 heterocycles. The molecule has 0 radical (unpaired) electrons. The Morgan fingerprint density at radius 1 is 1.35 bits per heavy atom. The summed E-state index contributed by atoms with van der Waals surface area (Å²) in [6.45, 7) is 2.55. The molecule has 0 unspecified atom stereocenters. The van der Waals surface area contributed by atoms with Gasteiger partial charge in [0.1, 0.15) is 5.82 Å². The van der Waals surface area contributed by atoms with Gasteiger partial charge in [-0.3, -0.25) is 0 Å². The predicted molar refractivity (Wildman–Crippen MR) is 68.5 cm³/mol. The number of aromatic amines is 2. The van der Waals surface area contributed by atoms with E-state index in [1.807, 2.05) is 25.4 Å². The minimum Gasteiger partial charge on any atom is -0.360 e. The number of imidazole rings is 1. The first-order chi connectivity index (χ1) is 8.28. The maximum Gasteiger partial charge on any atom is 0.139 e. The van der Waals surface area contributed by atoms with Gasteiger partial charge in [0.15, 0.2) is 0 Å². The molecule has 0 spiro atoms. The number of H-pyrrole nitrogens is 2. The molecule has 0 aliphatic rings. The molecule has 2 aromatic heterocycles. The molecule has 4 heteroatoms. The standard InChI is InChI=1S/C13H14N4/c1-8-6-16-13(17-8)11-7-15-12-3-2-9(5-14)4-10(11)12/h2-4,6-7,15H,5,14H2,1H3,(H,16,17). The molecule has 0 saturated heterocycles. The van der Waals surface area contributed by atoms with Gasteiger partial charge in [-0.2, -0.15) is 0 Å². The molecule has 0 atom stereocenters. The molecule has 0 bridgehead atoms. The van der Waals surface area contributed by atoms with Gasteiger partial charge in [-0.05, 0) is 24.6 Å². The molecule has 3 rings (SSSR count). The van der Waals surface area contributed by atoms with Crippen LogP contribution in [0.15, 0.2) is 30.6 Å². The van der Waals surface area contributed by atoms with E-state index in [-0.39, 0.29) is 0 Å². The molecule has 0 amide bonds. The maximum atomic E-state index is 5.67. The fraction of sp³-hybridized carbons (Fsp3) is 0.154. The summed E-state index contributed by atoms with van der Waals surface area (Å²) in [7, 11) is 0. The lowest BCUT2D eigenvalue weighted by Crippen LogP contribution is -1.95. The number of hydrogen-bond donors (Lipinski definition) is 3. The lowest BCUT2D eigenvalue weighted by atomic mass is 10.1. The van der Waals surface area contributed by atoms with E-state index in [1.54, 1.807) is 0 Å². The third-order valence-corrected chi connectivity index (χ3v) is 2.94. The number of aryl methyl sites for hydroxylation is 1. The highest BCUT2D eigenvalue weighted by atomic mass is 14.9. The molecule has 0 aliphatic heterocycles. The van der Waals surface area contributed by atoms with Gasteiger partial charge >= 0.3 is 0 Å². The lowest BCUT2D eigenvalue weighted by molar-refractivity contribution is 1.08. The van der Waals surface area contributed by atoms with Crippen molar-refractivity contribution in [2.75, 3.05) is 0 Å². The average Bonchev–Trinajstić information content (AvgIpc) is 2.93. The van der Waals surface area contributed by atoms with Crippen LogP contribution >= 0.6 is 0 Å². The van der Waals surface area contributed by atoms with E-state index in [4.69, 9.17) is 5.73 Å². The van der Waals surface area contributed by atoms with Crippen LogP contribution in [0.4, 0.5) is 0 Å². The van der Waals surface area contributed by atoms with Gasteiger partial charge < -0.3 is 15.7 Å². The van der Waals surface area contributed by atoms with Gasteiger partial charge in [0.05, 0.1) is 0 Å². The Labute approximate surface area is 98.9 Å². The highest BCUT2D eigenvalue weighted by Gasteiger charge is 2.08. The summed E-state index contributed by atoms with van der Waals surface area (Å²) in [5, 5.41) is 1.15. The minimum atomic E-state index is 0.553. The van der Waals surface area contributed by atoms with Crippen LogP contribution in [0.5, 0.6) is 0 Å². The van der Waals surface area contributed by atoms with Crippen LogP contribution in [0.2, 0.25) is 0 Å². The largest absolute Gasteiger partial charge is 0.360 e. The topological polar surface area (TPSA) is 70.5 Å². The number of benzene rings is 1. The van der Waals surface area contributed by atoms with E-state index < -0.39 is 0 Å². The normalized spacial score (nSPS) is 11.2. The number of hydrogen-bond acceptors (Lipinski definition) is 2. The summed E-state index contributed by atoms with van der Waals surface area (Å²) < 4.78 is 0. The molecule has 3 aromatic rings. The second-order valence-corrected chi connectivity index (χ2v) is 4.20. The summed E-state index contributed by atoms with van der Waals surface area (Å²) in [6.07, 6.45) is 3.81. The number of rotatable bonds is 2. The number of nitrogens with one attached hydrogen (secondary N) is 2. The Kier molecular flexibility index (Phi) is 2.23. The molecule has 0 saturated carbocycles. The Bertz CT molecular complexity index is 663. The Hall–Kier alpha value is -2.07. The van der Waals surface area contributed by atoms with Crippen LogP contribution in [-0.2, 0) is 6.54 Å². The van der Waals surface area contributed by atoms with Crippen molar-refractivity contribution in [3.8, 4) is 11.4 Å². The van der Waals surface area contributed by atoms with E-state index in [1.165, 1.54) is 0 Å².